The summed E-state index contributed by atoms with van der Waals surface area (Å²) >= 11 is 0. The van der Waals surface area contributed by atoms with Crippen LogP contribution in [0.3, 0.4) is 0 Å². The Morgan fingerprint density at radius 3 is 2.75 bits per heavy atom. The number of hydrogen-bond donors (Lipinski definition) is 3. The molecule has 0 aromatic carbocycles. The number of nitrogen functional groups attached to an aromatic ring is 1. The molecule has 0 amide bonds. The Morgan fingerprint density at radius 1 is 1.50 bits per heavy atom. The minimum Gasteiger partial charge on any atom is -0.388 e. The van der Waals surface area contributed by atoms with E-state index in [0.29, 0.717) is 24.1 Å². The Balaban J connectivity index is 2.50. The number of aromatic nitrogens is 1. The van der Waals surface area contributed by atoms with Crippen LogP contribution in [0.15, 0.2) is 18.2 Å². The molecule has 0 saturated carbocycles. The van der Waals surface area contributed by atoms with E-state index in [4.69, 9.17) is 5.73 Å². The van der Waals surface area contributed by atoms with Crippen LogP contribution in [0.2, 0.25) is 0 Å². The molecule has 0 saturated heterocycles. The maximum Gasteiger partial charge on any atom is 0.128 e. The van der Waals surface area contributed by atoms with Crippen molar-refractivity contribution in [1.82, 2.24) is 4.98 Å². The first-order valence-electron chi connectivity index (χ1n) is 5.58. The number of anilines is 2. The molecule has 1 rings (SSSR count). The van der Waals surface area contributed by atoms with Gasteiger partial charge in [0.1, 0.15) is 11.6 Å². The zero-order valence-corrected chi connectivity index (χ0v) is 10.2. The van der Waals surface area contributed by atoms with E-state index in [-0.39, 0.29) is 0 Å². The lowest BCUT2D eigenvalue weighted by Gasteiger charge is -2.25. The molecule has 1 aromatic heterocycles. The first kappa shape index (κ1) is 12.8. The van der Waals surface area contributed by atoms with E-state index in [1.54, 1.807) is 6.07 Å². The maximum absolute atomic E-state index is 10.1. The Hall–Kier alpha value is -1.29. The first-order valence-corrected chi connectivity index (χ1v) is 5.58. The van der Waals surface area contributed by atoms with Crippen LogP contribution in [0.1, 0.15) is 27.2 Å². The van der Waals surface area contributed by atoms with E-state index < -0.39 is 5.60 Å². The molecule has 1 aromatic rings. The minimum atomic E-state index is -0.722. The number of hydrogen-bond acceptors (Lipinski definition) is 4. The number of nitrogens with two attached hydrogens (primary N) is 1. The predicted molar refractivity (Wildman–Crippen MR) is 67.2 cm³/mol. The van der Waals surface area contributed by atoms with Gasteiger partial charge in [0.25, 0.3) is 0 Å². The predicted octanol–water partition coefficient (Wildman–Crippen LogP) is 1.87. The van der Waals surface area contributed by atoms with Gasteiger partial charge >= 0.3 is 0 Å². The third-order valence-corrected chi connectivity index (χ3v) is 2.27. The molecule has 0 aliphatic rings. The number of nitrogens with one attached hydrogen (secondary N) is 1. The molecule has 1 unspecified atom stereocenters. The van der Waals surface area contributed by atoms with Crippen LogP contribution in [0, 0.1) is 5.92 Å². The first-order chi connectivity index (χ1) is 7.39. The van der Waals surface area contributed by atoms with E-state index in [0.717, 1.165) is 6.42 Å². The average molecular weight is 223 g/mol. The van der Waals surface area contributed by atoms with Crippen LogP contribution < -0.4 is 11.1 Å². The molecule has 4 heteroatoms. The van der Waals surface area contributed by atoms with Crippen molar-refractivity contribution < 1.29 is 5.11 Å². The van der Waals surface area contributed by atoms with Crippen LogP contribution in [0.4, 0.5) is 11.6 Å². The van der Waals surface area contributed by atoms with Gasteiger partial charge in [0.15, 0.2) is 0 Å². The number of aliphatic hydroxyl groups is 1. The Bertz CT molecular complexity index is 337. The SMILES string of the molecule is CC(C)CC(C)(O)CNc1cccc(N)n1. The Morgan fingerprint density at radius 2 is 2.19 bits per heavy atom. The van der Waals surface area contributed by atoms with Crippen LogP contribution in [-0.2, 0) is 0 Å². The zero-order chi connectivity index (χ0) is 12.2. The van der Waals surface area contributed by atoms with Gasteiger partial charge in [-0.05, 0) is 31.4 Å². The van der Waals surface area contributed by atoms with E-state index in [9.17, 15) is 5.11 Å². The minimum absolute atomic E-state index is 0.464. The molecule has 1 atom stereocenters. The van der Waals surface area contributed by atoms with E-state index in [1.807, 2.05) is 19.1 Å². The summed E-state index contributed by atoms with van der Waals surface area (Å²) in [6, 6.07) is 5.40. The second-order valence-corrected chi connectivity index (χ2v) is 4.90. The highest BCUT2D eigenvalue weighted by Gasteiger charge is 2.21. The monoisotopic (exact) mass is 223 g/mol. The molecule has 0 fully saturated rings. The fourth-order valence-electron chi connectivity index (χ4n) is 1.78. The van der Waals surface area contributed by atoms with Gasteiger partial charge in [-0.3, -0.25) is 0 Å². The summed E-state index contributed by atoms with van der Waals surface area (Å²) in [5.41, 5.74) is 4.84. The van der Waals surface area contributed by atoms with Crippen molar-refractivity contribution in [3.63, 3.8) is 0 Å². The van der Waals surface area contributed by atoms with Crippen molar-refractivity contribution in [2.24, 2.45) is 5.92 Å². The number of pyridine rings is 1. The largest absolute Gasteiger partial charge is 0.388 e. The lowest BCUT2D eigenvalue weighted by molar-refractivity contribution is 0.0515. The zero-order valence-electron chi connectivity index (χ0n) is 10.2. The summed E-state index contributed by atoms with van der Waals surface area (Å²) in [6.45, 7) is 6.48. The van der Waals surface area contributed by atoms with Gasteiger partial charge in [-0.25, -0.2) is 4.98 Å². The van der Waals surface area contributed by atoms with E-state index >= 15 is 0 Å². The topological polar surface area (TPSA) is 71.2 Å². The lowest BCUT2D eigenvalue weighted by Crippen LogP contribution is -2.35. The van der Waals surface area contributed by atoms with Crippen molar-refractivity contribution in [2.45, 2.75) is 32.8 Å². The molecule has 0 radical (unpaired) electrons. The molecular weight excluding hydrogens is 202 g/mol. The lowest BCUT2D eigenvalue weighted by atomic mass is 9.94. The summed E-state index contributed by atoms with van der Waals surface area (Å²) in [6.07, 6.45) is 0.752. The molecule has 0 bridgehead atoms. The molecule has 0 spiro atoms. The molecule has 16 heavy (non-hydrogen) atoms. The third-order valence-electron chi connectivity index (χ3n) is 2.27. The Labute approximate surface area is 96.9 Å². The summed E-state index contributed by atoms with van der Waals surface area (Å²) < 4.78 is 0. The normalized spacial score (nSPS) is 14.8. The van der Waals surface area contributed by atoms with Gasteiger partial charge in [0, 0.05) is 6.54 Å². The molecule has 90 valence electrons. The van der Waals surface area contributed by atoms with Crippen molar-refractivity contribution in [3.05, 3.63) is 18.2 Å². The fraction of sp³-hybridized carbons (Fsp3) is 0.583. The number of nitrogens with zero attached hydrogens (tertiary/aromatic N) is 1. The van der Waals surface area contributed by atoms with Crippen LogP contribution in [0.5, 0.6) is 0 Å². The van der Waals surface area contributed by atoms with E-state index in [2.05, 4.69) is 24.1 Å². The maximum atomic E-state index is 10.1. The highest BCUT2D eigenvalue weighted by atomic mass is 16.3. The molecule has 4 nitrogen and oxygen atoms in total. The molecule has 1 heterocycles. The van der Waals surface area contributed by atoms with Crippen molar-refractivity contribution in [3.8, 4) is 0 Å². The molecule has 0 aliphatic heterocycles. The van der Waals surface area contributed by atoms with Gasteiger partial charge in [0.2, 0.25) is 0 Å². The smallest absolute Gasteiger partial charge is 0.128 e. The van der Waals surface area contributed by atoms with Gasteiger partial charge in [0.05, 0.1) is 5.60 Å². The second-order valence-electron chi connectivity index (χ2n) is 4.90. The highest BCUT2D eigenvalue weighted by Crippen LogP contribution is 2.17. The highest BCUT2D eigenvalue weighted by molar-refractivity contribution is 5.42. The van der Waals surface area contributed by atoms with Gasteiger partial charge in [-0.15, -0.1) is 0 Å². The van der Waals surface area contributed by atoms with Crippen molar-refractivity contribution in [1.29, 1.82) is 0 Å². The summed E-state index contributed by atoms with van der Waals surface area (Å²) in [5.74, 6) is 1.64. The summed E-state index contributed by atoms with van der Waals surface area (Å²) in [4.78, 5) is 4.11. The average Bonchev–Trinajstić information content (AvgIpc) is 2.13. The standard InChI is InChI=1S/C12H21N3O/c1-9(2)7-12(3,16)8-14-11-6-4-5-10(13)15-11/h4-6,9,16H,7-8H2,1-3H3,(H3,13,14,15). The fourth-order valence-corrected chi connectivity index (χ4v) is 1.78. The molecule has 0 aliphatic carbocycles. The van der Waals surface area contributed by atoms with Crippen LogP contribution >= 0.6 is 0 Å². The third kappa shape index (κ3) is 4.49. The van der Waals surface area contributed by atoms with Gasteiger partial charge < -0.3 is 16.2 Å². The quantitative estimate of drug-likeness (QED) is 0.712. The molecule has 4 N–H and O–H groups in total. The van der Waals surface area contributed by atoms with E-state index in [1.165, 1.54) is 0 Å². The molecular formula is C12H21N3O. The van der Waals surface area contributed by atoms with Crippen LogP contribution in [-0.4, -0.2) is 22.2 Å². The number of rotatable bonds is 5. The van der Waals surface area contributed by atoms with Gasteiger partial charge in [-0.2, -0.15) is 0 Å². The van der Waals surface area contributed by atoms with Crippen molar-refractivity contribution >= 4 is 11.6 Å². The summed E-state index contributed by atoms with van der Waals surface area (Å²) in [5, 5.41) is 13.2. The van der Waals surface area contributed by atoms with Gasteiger partial charge in [-0.1, -0.05) is 19.9 Å². The Kier molecular flexibility index (Phi) is 4.12. The van der Waals surface area contributed by atoms with Crippen molar-refractivity contribution in [2.75, 3.05) is 17.6 Å². The second kappa shape index (κ2) is 5.16. The van der Waals surface area contributed by atoms with Crippen LogP contribution in [0.25, 0.3) is 0 Å². The summed E-state index contributed by atoms with van der Waals surface area (Å²) in [7, 11) is 0.